The van der Waals surface area contributed by atoms with Gasteiger partial charge in [0.15, 0.2) is 0 Å². The van der Waals surface area contributed by atoms with E-state index in [0.29, 0.717) is 0 Å². The average molecular weight is 349 g/mol. The molecule has 1 N–H and O–H groups in total. The summed E-state index contributed by atoms with van der Waals surface area (Å²) in [5, 5.41) is 9.67. The number of ether oxygens (including phenoxy) is 1. The molecule has 3 heteroatoms. The molecule has 0 saturated carbocycles. The van der Waals surface area contributed by atoms with Crippen molar-refractivity contribution in [1.29, 1.82) is 0 Å². The van der Waals surface area contributed by atoms with Gasteiger partial charge in [0.05, 0.1) is 6.10 Å². The first kappa shape index (κ1) is 16.1. The molecule has 0 bridgehead atoms. The van der Waals surface area contributed by atoms with E-state index in [-0.39, 0.29) is 5.41 Å². The van der Waals surface area contributed by atoms with Crippen LogP contribution in [0.2, 0.25) is 0 Å². The number of hydrogen-bond donors (Lipinski definition) is 1. The van der Waals surface area contributed by atoms with Crippen LogP contribution in [-0.2, 0) is 5.41 Å². The molecule has 0 saturated heterocycles. The summed E-state index contributed by atoms with van der Waals surface area (Å²) >= 11 is 3.48. The Kier molecular flexibility index (Phi) is 4.74. The molecule has 0 aliphatic rings. The highest BCUT2D eigenvalue weighted by Crippen LogP contribution is 2.35. The van der Waals surface area contributed by atoms with Crippen LogP contribution in [-0.4, -0.2) is 5.11 Å². The van der Waals surface area contributed by atoms with Gasteiger partial charge in [0.1, 0.15) is 11.5 Å². The minimum absolute atomic E-state index is 0.0212. The second-order valence-corrected chi connectivity index (χ2v) is 7.06. The van der Waals surface area contributed by atoms with Crippen LogP contribution >= 0.6 is 15.9 Å². The Morgan fingerprint density at radius 1 is 1.10 bits per heavy atom. The number of para-hydroxylation sites is 1. The molecule has 1 atom stereocenters. The lowest BCUT2D eigenvalue weighted by molar-refractivity contribution is 0.198. The van der Waals surface area contributed by atoms with Gasteiger partial charge in [-0.2, -0.15) is 0 Å². The van der Waals surface area contributed by atoms with E-state index in [0.717, 1.165) is 21.5 Å². The predicted octanol–water partition coefficient (Wildman–Crippen LogP) is 5.59. The summed E-state index contributed by atoms with van der Waals surface area (Å²) < 4.78 is 6.89. The molecule has 0 spiro atoms. The first-order chi connectivity index (χ1) is 9.79. The van der Waals surface area contributed by atoms with Crippen molar-refractivity contribution in [2.24, 2.45) is 0 Å². The summed E-state index contributed by atoms with van der Waals surface area (Å²) in [4.78, 5) is 0. The highest BCUT2D eigenvalue weighted by atomic mass is 79.9. The molecule has 0 radical (unpaired) electrons. The third-order valence-electron chi connectivity index (χ3n) is 3.34. The van der Waals surface area contributed by atoms with Crippen molar-refractivity contribution in [2.75, 3.05) is 0 Å². The fraction of sp³-hybridized carbons (Fsp3) is 0.333. The van der Waals surface area contributed by atoms with Crippen molar-refractivity contribution in [1.82, 2.24) is 0 Å². The molecule has 112 valence electrons. The molecule has 0 aromatic heterocycles. The smallest absolute Gasteiger partial charge is 0.131 e. The van der Waals surface area contributed by atoms with Gasteiger partial charge in [0.2, 0.25) is 0 Å². The van der Waals surface area contributed by atoms with E-state index in [4.69, 9.17) is 4.74 Å². The van der Waals surface area contributed by atoms with Gasteiger partial charge in [-0.25, -0.2) is 0 Å². The molecular formula is C18H21BrO2. The maximum absolute atomic E-state index is 9.67. The van der Waals surface area contributed by atoms with E-state index in [1.165, 1.54) is 5.56 Å². The first-order valence-electron chi connectivity index (χ1n) is 7.04. The van der Waals surface area contributed by atoms with Gasteiger partial charge < -0.3 is 9.84 Å². The largest absolute Gasteiger partial charge is 0.457 e. The Hall–Kier alpha value is -1.32. The van der Waals surface area contributed by atoms with Crippen molar-refractivity contribution in [3.8, 4) is 11.5 Å². The summed E-state index contributed by atoms with van der Waals surface area (Å²) in [5.74, 6) is 1.62. The lowest BCUT2D eigenvalue weighted by atomic mass is 9.86. The predicted molar refractivity (Wildman–Crippen MR) is 90.0 cm³/mol. The van der Waals surface area contributed by atoms with Crippen molar-refractivity contribution in [3.63, 3.8) is 0 Å². The minimum atomic E-state index is -0.504. The standard InChI is InChI=1S/C18H21BrO2/c1-12(20)14-10-9-13(11-16(14)19)21-17-8-6-5-7-15(17)18(2,3)4/h5-12,20H,1-4H3. The molecule has 2 rings (SSSR count). The average Bonchev–Trinajstić information content (AvgIpc) is 2.37. The molecule has 0 aliphatic carbocycles. The van der Waals surface area contributed by atoms with Crippen molar-refractivity contribution in [2.45, 2.75) is 39.2 Å². The highest BCUT2D eigenvalue weighted by Gasteiger charge is 2.19. The van der Waals surface area contributed by atoms with E-state index >= 15 is 0 Å². The van der Waals surface area contributed by atoms with Crippen LogP contribution in [0, 0.1) is 0 Å². The molecule has 0 aliphatic heterocycles. The Labute approximate surface area is 134 Å². The summed E-state index contributed by atoms with van der Waals surface area (Å²) in [7, 11) is 0. The second-order valence-electron chi connectivity index (χ2n) is 6.21. The maximum Gasteiger partial charge on any atom is 0.131 e. The minimum Gasteiger partial charge on any atom is -0.457 e. The lowest BCUT2D eigenvalue weighted by Crippen LogP contribution is -2.12. The maximum atomic E-state index is 9.67. The van der Waals surface area contributed by atoms with E-state index in [9.17, 15) is 5.11 Å². The fourth-order valence-electron chi connectivity index (χ4n) is 2.21. The van der Waals surface area contributed by atoms with Crippen LogP contribution in [0.3, 0.4) is 0 Å². The Balaban J connectivity index is 2.33. The number of aliphatic hydroxyl groups is 1. The molecule has 0 heterocycles. The number of hydrogen-bond acceptors (Lipinski definition) is 2. The van der Waals surface area contributed by atoms with Gasteiger partial charge in [0.25, 0.3) is 0 Å². The summed E-state index contributed by atoms with van der Waals surface area (Å²) in [6.07, 6.45) is -0.504. The number of aliphatic hydroxyl groups excluding tert-OH is 1. The molecule has 2 aromatic carbocycles. The van der Waals surface area contributed by atoms with Crippen molar-refractivity contribution >= 4 is 15.9 Å². The van der Waals surface area contributed by atoms with Crippen LogP contribution in [0.4, 0.5) is 0 Å². The zero-order chi connectivity index (χ0) is 15.6. The zero-order valence-corrected chi connectivity index (χ0v) is 14.4. The molecule has 0 amide bonds. The monoisotopic (exact) mass is 348 g/mol. The van der Waals surface area contributed by atoms with E-state index in [1.807, 2.05) is 36.4 Å². The molecule has 21 heavy (non-hydrogen) atoms. The van der Waals surface area contributed by atoms with Gasteiger partial charge in [-0.1, -0.05) is 61.0 Å². The molecule has 0 fully saturated rings. The number of benzene rings is 2. The molecule has 2 aromatic rings. The van der Waals surface area contributed by atoms with Gasteiger partial charge in [-0.3, -0.25) is 0 Å². The molecule has 2 nitrogen and oxygen atoms in total. The van der Waals surface area contributed by atoms with E-state index in [1.54, 1.807) is 6.92 Å². The Bertz CT molecular complexity index is 627. The third kappa shape index (κ3) is 3.86. The highest BCUT2D eigenvalue weighted by molar-refractivity contribution is 9.10. The first-order valence-corrected chi connectivity index (χ1v) is 7.83. The number of halogens is 1. The van der Waals surface area contributed by atoms with Gasteiger partial charge in [0, 0.05) is 10.0 Å². The second kappa shape index (κ2) is 6.20. The third-order valence-corrected chi connectivity index (χ3v) is 4.03. The van der Waals surface area contributed by atoms with Crippen LogP contribution in [0.25, 0.3) is 0 Å². The van der Waals surface area contributed by atoms with Gasteiger partial charge >= 0.3 is 0 Å². The van der Waals surface area contributed by atoms with Gasteiger partial charge in [-0.05, 0) is 36.1 Å². The van der Waals surface area contributed by atoms with Crippen LogP contribution in [0.15, 0.2) is 46.9 Å². The van der Waals surface area contributed by atoms with Crippen LogP contribution < -0.4 is 4.74 Å². The lowest BCUT2D eigenvalue weighted by Gasteiger charge is -2.22. The Morgan fingerprint density at radius 2 is 1.76 bits per heavy atom. The van der Waals surface area contributed by atoms with E-state index < -0.39 is 6.10 Å². The zero-order valence-electron chi connectivity index (χ0n) is 12.9. The molecular weight excluding hydrogens is 328 g/mol. The fourth-order valence-corrected chi connectivity index (χ4v) is 2.90. The topological polar surface area (TPSA) is 29.5 Å². The molecule has 1 unspecified atom stereocenters. The van der Waals surface area contributed by atoms with Crippen molar-refractivity contribution < 1.29 is 9.84 Å². The number of rotatable bonds is 3. The summed E-state index contributed by atoms with van der Waals surface area (Å²) in [6, 6.07) is 13.7. The Morgan fingerprint density at radius 3 is 2.33 bits per heavy atom. The van der Waals surface area contributed by atoms with Crippen molar-refractivity contribution in [3.05, 3.63) is 58.1 Å². The SMILES string of the molecule is CC(O)c1ccc(Oc2ccccc2C(C)(C)C)cc1Br. The quantitative estimate of drug-likeness (QED) is 0.782. The summed E-state index contributed by atoms with van der Waals surface area (Å²) in [6.45, 7) is 8.25. The van der Waals surface area contributed by atoms with Crippen LogP contribution in [0.1, 0.15) is 44.9 Å². The van der Waals surface area contributed by atoms with Gasteiger partial charge in [-0.15, -0.1) is 0 Å². The summed E-state index contributed by atoms with van der Waals surface area (Å²) in [5.41, 5.74) is 2.04. The van der Waals surface area contributed by atoms with Crippen LogP contribution in [0.5, 0.6) is 11.5 Å². The van der Waals surface area contributed by atoms with E-state index in [2.05, 4.69) is 42.8 Å². The normalized spacial score (nSPS) is 13.0.